The van der Waals surface area contributed by atoms with E-state index in [1.807, 2.05) is 18.2 Å². The van der Waals surface area contributed by atoms with E-state index in [1.165, 1.54) is 0 Å². The lowest BCUT2D eigenvalue weighted by Gasteiger charge is -2.25. The van der Waals surface area contributed by atoms with Gasteiger partial charge in [0, 0.05) is 23.7 Å². The van der Waals surface area contributed by atoms with E-state index >= 15 is 0 Å². The first kappa shape index (κ1) is 15.8. The molecule has 0 amide bonds. The number of aliphatic hydroxyl groups excluding tert-OH is 1. The van der Waals surface area contributed by atoms with Gasteiger partial charge in [-0.05, 0) is 23.1 Å². The number of aliphatic hydroxyl groups is 1. The first-order chi connectivity index (χ1) is 10.0. The third-order valence-corrected chi connectivity index (χ3v) is 4.27. The van der Waals surface area contributed by atoms with E-state index in [2.05, 4.69) is 44.1 Å². The maximum Gasteiger partial charge on any atom is 0.133 e. The van der Waals surface area contributed by atoms with Gasteiger partial charge in [-0.1, -0.05) is 52.0 Å². The Kier molecular flexibility index (Phi) is 5.18. The van der Waals surface area contributed by atoms with Crippen LogP contribution in [0.2, 0.25) is 0 Å². The average molecular weight is 286 g/mol. The van der Waals surface area contributed by atoms with Crippen LogP contribution in [0, 0.1) is 17.8 Å². The molecule has 1 heterocycles. The number of benzene rings is 1. The van der Waals surface area contributed by atoms with Crippen molar-refractivity contribution in [3.8, 4) is 0 Å². The molecule has 0 spiro atoms. The summed E-state index contributed by atoms with van der Waals surface area (Å²) >= 11 is 0. The predicted octanol–water partition coefficient (Wildman–Crippen LogP) is 4.07. The van der Waals surface area contributed by atoms with Crippen molar-refractivity contribution in [2.75, 3.05) is 11.9 Å². The summed E-state index contributed by atoms with van der Waals surface area (Å²) in [5, 5.41) is 15.1. The summed E-state index contributed by atoms with van der Waals surface area (Å²) in [4.78, 5) is 4.50. The first-order valence-electron chi connectivity index (χ1n) is 7.76. The van der Waals surface area contributed by atoms with Crippen LogP contribution >= 0.6 is 0 Å². The van der Waals surface area contributed by atoms with Gasteiger partial charge in [0.2, 0.25) is 0 Å². The van der Waals surface area contributed by atoms with Gasteiger partial charge in [-0.15, -0.1) is 0 Å². The minimum absolute atomic E-state index is 0.0222. The van der Waals surface area contributed by atoms with Crippen LogP contribution in [0.4, 0.5) is 5.82 Å². The van der Waals surface area contributed by atoms with Crippen molar-refractivity contribution in [2.45, 2.75) is 34.3 Å². The number of nitrogens with zero attached hydrogens (tertiary/aromatic N) is 1. The lowest BCUT2D eigenvalue weighted by Crippen LogP contribution is -2.25. The highest BCUT2D eigenvalue weighted by molar-refractivity contribution is 5.93. The maximum atomic E-state index is 9.43. The van der Waals surface area contributed by atoms with Crippen LogP contribution < -0.4 is 5.32 Å². The summed E-state index contributed by atoms with van der Waals surface area (Å²) in [6.45, 7) is 10.0. The Morgan fingerprint density at radius 2 is 1.67 bits per heavy atom. The summed E-state index contributed by atoms with van der Waals surface area (Å²) in [7, 11) is 0. The SMILES string of the molecule is CC(C)C(CNc1ncc(CO)c2ccccc12)C(C)C. The average Bonchev–Trinajstić information content (AvgIpc) is 2.46. The molecule has 2 rings (SSSR count). The van der Waals surface area contributed by atoms with Gasteiger partial charge in [0.15, 0.2) is 0 Å². The fraction of sp³-hybridized carbons (Fsp3) is 0.500. The summed E-state index contributed by atoms with van der Waals surface area (Å²) in [5.74, 6) is 2.80. The van der Waals surface area contributed by atoms with Crippen molar-refractivity contribution in [1.29, 1.82) is 0 Å². The Balaban J connectivity index is 2.27. The molecular formula is C18H26N2O. The molecule has 1 aromatic carbocycles. The number of rotatable bonds is 6. The number of anilines is 1. The lowest BCUT2D eigenvalue weighted by atomic mass is 9.85. The Hall–Kier alpha value is -1.61. The second-order valence-electron chi connectivity index (χ2n) is 6.37. The second-order valence-corrected chi connectivity index (χ2v) is 6.37. The van der Waals surface area contributed by atoms with E-state index in [-0.39, 0.29) is 6.61 Å². The van der Waals surface area contributed by atoms with Gasteiger partial charge in [-0.3, -0.25) is 0 Å². The molecule has 0 aliphatic heterocycles. The van der Waals surface area contributed by atoms with Crippen molar-refractivity contribution in [1.82, 2.24) is 4.98 Å². The van der Waals surface area contributed by atoms with Gasteiger partial charge in [0.05, 0.1) is 6.61 Å². The van der Waals surface area contributed by atoms with Crippen LogP contribution in [0.15, 0.2) is 30.5 Å². The standard InChI is InChI=1S/C18H26N2O/c1-12(2)17(13(3)4)10-20-18-16-8-6-5-7-15(16)14(11-21)9-19-18/h5-9,12-13,17,21H,10-11H2,1-4H3,(H,19,20). The van der Waals surface area contributed by atoms with Gasteiger partial charge >= 0.3 is 0 Å². The molecule has 0 saturated carbocycles. The molecule has 3 heteroatoms. The quantitative estimate of drug-likeness (QED) is 0.841. The highest BCUT2D eigenvalue weighted by atomic mass is 16.3. The monoisotopic (exact) mass is 286 g/mol. The zero-order valence-corrected chi connectivity index (χ0v) is 13.4. The smallest absolute Gasteiger partial charge is 0.133 e. The van der Waals surface area contributed by atoms with Gasteiger partial charge in [-0.2, -0.15) is 0 Å². The van der Waals surface area contributed by atoms with Crippen LogP contribution in [0.1, 0.15) is 33.3 Å². The molecule has 2 N–H and O–H groups in total. The van der Waals surface area contributed by atoms with Gasteiger partial charge < -0.3 is 10.4 Å². The molecule has 0 aliphatic rings. The van der Waals surface area contributed by atoms with Gasteiger partial charge in [-0.25, -0.2) is 4.98 Å². The normalized spacial score (nSPS) is 11.8. The molecular weight excluding hydrogens is 260 g/mol. The summed E-state index contributed by atoms with van der Waals surface area (Å²) in [6.07, 6.45) is 1.77. The van der Waals surface area contributed by atoms with Crippen LogP contribution in [0.3, 0.4) is 0 Å². The number of hydrogen-bond acceptors (Lipinski definition) is 3. The number of fused-ring (bicyclic) bond motifs is 1. The molecule has 0 atom stereocenters. The number of aromatic nitrogens is 1. The van der Waals surface area contributed by atoms with Crippen molar-refractivity contribution < 1.29 is 5.11 Å². The fourth-order valence-corrected chi connectivity index (χ4v) is 2.97. The second kappa shape index (κ2) is 6.90. The van der Waals surface area contributed by atoms with Gasteiger partial charge in [0.1, 0.15) is 5.82 Å². The molecule has 21 heavy (non-hydrogen) atoms. The minimum atomic E-state index is 0.0222. The van der Waals surface area contributed by atoms with Crippen molar-refractivity contribution in [3.63, 3.8) is 0 Å². The summed E-state index contributed by atoms with van der Waals surface area (Å²) < 4.78 is 0. The zero-order valence-electron chi connectivity index (χ0n) is 13.4. The Morgan fingerprint density at radius 1 is 1.05 bits per heavy atom. The van der Waals surface area contributed by atoms with Crippen molar-refractivity contribution in [2.24, 2.45) is 17.8 Å². The topological polar surface area (TPSA) is 45.2 Å². The van der Waals surface area contributed by atoms with Crippen molar-refractivity contribution >= 4 is 16.6 Å². The Morgan fingerprint density at radius 3 is 2.24 bits per heavy atom. The third-order valence-electron chi connectivity index (χ3n) is 4.27. The van der Waals surface area contributed by atoms with Gasteiger partial charge in [0.25, 0.3) is 0 Å². The minimum Gasteiger partial charge on any atom is -0.392 e. The molecule has 1 aromatic heterocycles. The highest BCUT2D eigenvalue weighted by Crippen LogP contribution is 2.26. The van der Waals surface area contributed by atoms with E-state index in [0.29, 0.717) is 17.8 Å². The molecule has 0 unspecified atom stereocenters. The van der Waals surface area contributed by atoms with Crippen molar-refractivity contribution in [3.05, 3.63) is 36.0 Å². The molecule has 0 radical (unpaired) electrons. The number of nitrogens with one attached hydrogen (secondary N) is 1. The van der Waals surface area contributed by atoms with E-state index in [9.17, 15) is 5.11 Å². The largest absolute Gasteiger partial charge is 0.392 e. The third kappa shape index (κ3) is 3.53. The highest BCUT2D eigenvalue weighted by Gasteiger charge is 2.17. The molecule has 0 saturated heterocycles. The summed E-state index contributed by atoms with van der Waals surface area (Å²) in [5.41, 5.74) is 0.875. The Bertz CT molecular complexity index is 585. The number of pyridine rings is 1. The van der Waals surface area contributed by atoms with E-state index in [0.717, 1.165) is 28.7 Å². The summed E-state index contributed by atoms with van der Waals surface area (Å²) in [6, 6.07) is 8.11. The molecule has 0 bridgehead atoms. The maximum absolute atomic E-state index is 9.43. The van der Waals surface area contributed by atoms with Crippen LogP contribution in [-0.2, 0) is 6.61 Å². The van der Waals surface area contributed by atoms with Crippen LogP contribution in [-0.4, -0.2) is 16.6 Å². The predicted molar refractivity (Wildman–Crippen MR) is 89.3 cm³/mol. The first-order valence-corrected chi connectivity index (χ1v) is 7.76. The van der Waals surface area contributed by atoms with E-state index in [4.69, 9.17) is 0 Å². The number of hydrogen-bond donors (Lipinski definition) is 2. The molecule has 114 valence electrons. The molecule has 3 nitrogen and oxygen atoms in total. The van der Waals surface area contributed by atoms with E-state index < -0.39 is 0 Å². The Labute approximate surface area is 127 Å². The van der Waals surface area contributed by atoms with Crippen LogP contribution in [0.5, 0.6) is 0 Å². The zero-order chi connectivity index (χ0) is 15.4. The fourth-order valence-electron chi connectivity index (χ4n) is 2.97. The van der Waals surface area contributed by atoms with Crippen LogP contribution in [0.25, 0.3) is 10.8 Å². The molecule has 2 aromatic rings. The molecule has 0 fully saturated rings. The lowest BCUT2D eigenvalue weighted by molar-refractivity contribution is 0.283. The molecule has 0 aliphatic carbocycles. The van der Waals surface area contributed by atoms with E-state index in [1.54, 1.807) is 6.20 Å².